The summed E-state index contributed by atoms with van der Waals surface area (Å²) >= 11 is 0. The number of rotatable bonds is 16. The zero-order valence-electron chi connectivity index (χ0n) is 25.5. The van der Waals surface area contributed by atoms with E-state index < -0.39 is 47.5 Å². The fourth-order valence-electron chi connectivity index (χ4n) is 3.15. The molecule has 0 aromatic rings. The van der Waals surface area contributed by atoms with Crippen LogP contribution in [0.5, 0.6) is 0 Å². The summed E-state index contributed by atoms with van der Waals surface area (Å²) in [5.74, 6) is -7.91. The Morgan fingerprint density at radius 1 is 0.366 bits per heavy atom. The van der Waals surface area contributed by atoms with Gasteiger partial charge in [0.1, 0.15) is 46.8 Å². The third-order valence-electron chi connectivity index (χ3n) is 5.77. The fraction of sp³-hybridized carbons (Fsp3) is 0.714. The summed E-state index contributed by atoms with van der Waals surface area (Å²) in [5.41, 5.74) is 0. The van der Waals surface area contributed by atoms with Crippen LogP contribution in [0.25, 0.3) is 0 Å². The molecule has 0 bridgehead atoms. The van der Waals surface area contributed by atoms with Crippen LogP contribution in [-0.4, -0.2) is 67.4 Å². The quantitative estimate of drug-likeness (QED) is 0.169. The molecule has 41 heavy (non-hydrogen) atoms. The molecule has 0 aliphatic rings. The van der Waals surface area contributed by atoms with E-state index in [0.717, 1.165) is 0 Å². The number of ketones is 4. The standard InChI is InChI=1S/4C7H12O3.Zr/c4*1-3-5(7(9)10)6(8)4-2;/h4*5H,3-4H2,1-2H3,(H,9,10);/q;;;;+4. The van der Waals surface area contributed by atoms with E-state index in [1.54, 1.807) is 55.4 Å². The SMILES string of the molecule is CCC(=O)C(CC)C(=O)O.CCC(=O)C(CC)C(=O)O.CCC(=O)C(CC)C(=O)O.CCC(=O)C(CC)C(=O)O.[Zr+4]. The zero-order chi connectivity index (χ0) is 32.6. The second-order valence-corrected chi connectivity index (χ2v) is 8.48. The van der Waals surface area contributed by atoms with E-state index in [0.29, 0.717) is 51.4 Å². The molecule has 13 heteroatoms. The van der Waals surface area contributed by atoms with Gasteiger partial charge in [-0.3, -0.25) is 38.4 Å². The van der Waals surface area contributed by atoms with Gasteiger partial charge in [0.25, 0.3) is 0 Å². The number of carboxylic acids is 4. The summed E-state index contributed by atoms with van der Waals surface area (Å²) in [6.07, 6.45) is 2.80. The van der Waals surface area contributed by atoms with Crippen molar-refractivity contribution in [3.8, 4) is 0 Å². The number of carbonyl (C=O) groups excluding carboxylic acids is 4. The van der Waals surface area contributed by atoms with Gasteiger partial charge in [0.05, 0.1) is 0 Å². The number of carbonyl (C=O) groups is 8. The number of hydrogen-bond acceptors (Lipinski definition) is 8. The Kier molecular flexibility index (Phi) is 34.0. The average Bonchev–Trinajstić information content (AvgIpc) is 2.89. The molecule has 0 aromatic heterocycles. The summed E-state index contributed by atoms with van der Waals surface area (Å²) in [6.45, 7) is 13.5. The minimum absolute atomic E-state index is 0. The molecule has 232 valence electrons. The molecular weight excluding hydrogens is 620 g/mol. The summed E-state index contributed by atoms with van der Waals surface area (Å²) in [5, 5.41) is 33.8. The molecule has 4 atom stereocenters. The summed E-state index contributed by atoms with van der Waals surface area (Å²) in [6, 6.07) is 0. The molecule has 0 amide bonds. The molecule has 0 aliphatic carbocycles. The largest absolute Gasteiger partial charge is 4.00 e. The Morgan fingerprint density at radius 3 is 0.512 bits per heavy atom. The minimum atomic E-state index is -1.01. The molecule has 4 N–H and O–H groups in total. The molecule has 12 nitrogen and oxygen atoms in total. The first-order chi connectivity index (χ1) is 18.5. The minimum Gasteiger partial charge on any atom is -0.481 e. The van der Waals surface area contributed by atoms with Crippen molar-refractivity contribution in [1.82, 2.24) is 0 Å². The number of Topliss-reactive ketones (excluding diaryl/α,β-unsaturated/α-hetero) is 4. The van der Waals surface area contributed by atoms with Gasteiger partial charge in [0, 0.05) is 25.7 Å². The third kappa shape index (κ3) is 22.8. The first-order valence-corrected chi connectivity index (χ1v) is 13.5. The van der Waals surface area contributed by atoms with Crippen LogP contribution in [0.2, 0.25) is 0 Å². The van der Waals surface area contributed by atoms with E-state index in [1.165, 1.54) is 0 Å². The topological polar surface area (TPSA) is 217 Å². The predicted octanol–water partition coefficient (Wildman–Crippen LogP) is 4.30. The molecule has 0 rings (SSSR count). The van der Waals surface area contributed by atoms with Gasteiger partial charge in [-0.15, -0.1) is 0 Å². The van der Waals surface area contributed by atoms with Crippen LogP contribution in [0.4, 0.5) is 0 Å². The van der Waals surface area contributed by atoms with Gasteiger partial charge in [-0.25, -0.2) is 0 Å². The summed E-state index contributed by atoms with van der Waals surface area (Å²) in [7, 11) is 0. The third-order valence-corrected chi connectivity index (χ3v) is 5.77. The Hall–Kier alpha value is -2.56. The molecule has 4 unspecified atom stereocenters. The first kappa shape index (κ1) is 48.2. The van der Waals surface area contributed by atoms with E-state index in [1.807, 2.05) is 0 Å². The van der Waals surface area contributed by atoms with Crippen molar-refractivity contribution < 1.29 is 85.0 Å². The number of hydrogen-bond donors (Lipinski definition) is 4. The fourth-order valence-corrected chi connectivity index (χ4v) is 3.15. The van der Waals surface area contributed by atoms with Crippen LogP contribution in [0, 0.1) is 23.7 Å². The Labute approximate surface area is 261 Å². The smallest absolute Gasteiger partial charge is 0.481 e. The Morgan fingerprint density at radius 2 is 0.488 bits per heavy atom. The average molecular weight is 668 g/mol. The molecule has 0 aromatic carbocycles. The maximum absolute atomic E-state index is 10.8. The Bertz CT molecular complexity index is 702. The number of aliphatic carboxylic acids is 4. The van der Waals surface area contributed by atoms with Crippen molar-refractivity contribution >= 4 is 47.0 Å². The van der Waals surface area contributed by atoms with Crippen LogP contribution >= 0.6 is 0 Å². The van der Waals surface area contributed by atoms with Crippen LogP contribution in [-0.2, 0) is 64.6 Å². The van der Waals surface area contributed by atoms with Gasteiger partial charge in [-0.2, -0.15) is 0 Å². The number of carboxylic acid groups (broad SMARTS) is 4. The second-order valence-electron chi connectivity index (χ2n) is 8.48. The summed E-state index contributed by atoms with van der Waals surface area (Å²) < 4.78 is 0. The van der Waals surface area contributed by atoms with Crippen molar-refractivity contribution in [2.75, 3.05) is 0 Å². The van der Waals surface area contributed by atoms with E-state index in [2.05, 4.69) is 0 Å². The van der Waals surface area contributed by atoms with E-state index >= 15 is 0 Å². The van der Waals surface area contributed by atoms with Crippen LogP contribution in [0.1, 0.15) is 107 Å². The van der Waals surface area contributed by atoms with Gasteiger partial charge in [-0.05, 0) is 25.7 Å². The maximum Gasteiger partial charge on any atom is 4.00 e. The molecular formula is C28H48O12Zr+4. The van der Waals surface area contributed by atoms with E-state index in [4.69, 9.17) is 20.4 Å². The summed E-state index contributed by atoms with van der Waals surface area (Å²) in [4.78, 5) is 84.5. The van der Waals surface area contributed by atoms with Gasteiger partial charge in [0.15, 0.2) is 0 Å². The van der Waals surface area contributed by atoms with Gasteiger partial charge < -0.3 is 20.4 Å². The van der Waals surface area contributed by atoms with Crippen molar-refractivity contribution in [1.29, 1.82) is 0 Å². The van der Waals surface area contributed by atoms with Crippen molar-refractivity contribution in [2.24, 2.45) is 23.7 Å². The molecule has 0 radical (unpaired) electrons. The van der Waals surface area contributed by atoms with Crippen LogP contribution < -0.4 is 0 Å². The van der Waals surface area contributed by atoms with Crippen molar-refractivity contribution in [2.45, 2.75) is 107 Å². The zero-order valence-corrected chi connectivity index (χ0v) is 28.0. The maximum atomic E-state index is 10.8. The van der Waals surface area contributed by atoms with Crippen molar-refractivity contribution in [3.63, 3.8) is 0 Å². The first-order valence-electron chi connectivity index (χ1n) is 13.5. The molecule has 0 saturated carbocycles. The van der Waals surface area contributed by atoms with E-state index in [-0.39, 0.29) is 49.3 Å². The van der Waals surface area contributed by atoms with Gasteiger partial charge in [0.2, 0.25) is 0 Å². The van der Waals surface area contributed by atoms with E-state index in [9.17, 15) is 38.4 Å². The Balaban J connectivity index is -0.000000139. The van der Waals surface area contributed by atoms with Gasteiger partial charge >= 0.3 is 50.1 Å². The molecule has 0 spiro atoms. The van der Waals surface area contributed by atoms with Gasteiger partial charge in [-0.1, -0.05) is 55.4 Å². The molecule has 0 fully saturated rings. The predicted molar refractivity (Wildman–Crippen MR) is 147 cm³/mol. The second kappa shape index (κ2) is 29.0. The monoisotopic (exact) mass is 666 g/mol. The molecule has 0 saturated heterocycles. The van der Waals surface area contributed by atoms with Crippen molar-refractivity contribution in [3.05, 3.63) is 0 Å². The molecule has 0 heterocycles. The van der Waals surface area contributed by atoms with Crippen LogP contribution in [0.15, 0.2) is 0 Å². The van der Waals surface area contributed by atoms with Crippen LogP contribution in [0.3, 0.4) is 0 Å². The molecule has 0 aliphatic heterocycles. The normalized spacial score (nSPS) is 12.3.